The molecular weight excluding hydrogens is 466 g/mol. The third kappa shape index (κ3) is 4.58. The molecule has 0 fully saturated rings. The Kier molecular flexibility index (Phi) is 6.75. The van der Waals surface area contributed by atoms with Crippen molar-refractivity contribution in [1.29, 1.82) is 0 Å². The van der Waals surface area contributed by atoms with Gasteiger partial charge in [0.2, 0.25) is 0 Å². The Morgan fingerprint density at radius 2 is 2.00 bits per heavy atom. The molecule has 6 nitrogen and oxygen atoms in total. The Morgan fingerprint density at radius 1 is 1.26 bits per heavy atom. The summed E-state index contributed by atoms with van der Waals surface area (Å²) >= 11 is 2.78. The van der Waals surface area contributed by atoms with E-state index in [0.29, 0.717) is 27.0 Å². The first kappa shape index (κ1) is 24.7. The number of carbonyl (C=O) groups excluding carboxylic acids is 2. The molecule has 1 aliphatic carbocycles. The molecule has 3 aromatic heterocycles. The molecule has 0 aliphatic heterocycles. The molecule has 1 amide bonds. The summed E-state index contributed by atoms with van der Waals surface area (Å²) in [6, 6.07) is 3.89. The molecule has 0 aromatic carbocycles. The predicted octanol–water partition coefficient (Wildman–Crippen LogP) is 6.64. The van der Waals surface area contributed by atoms with Crippen molar-refractivity contribution in [3.05, 3.63) is 38.7 Å². The Labute approximate surface area is 208 Å². The van der Waals surface area contributed by atoms with Crippen molar-refractivity contribution in [2.45, 2.75) is 66.7 Å². The van der Waals surface area contributed by atoms with Crippen LogP contribution in [0.4, 0.5) is 10.7 Å². The van der Waals surface area contributed by atoms with Gasteiger partial charge in [-0.1, -0.05) is 34.6 Å². The molecule has 34 heavy (non-hydrogen) atoms. The van der Waals surface area contributed by atoms with Crippen molar-refractivity contribution in [3.8, 4) is 0 Å². The highest BCUT2D eigenvalue weighted by Crippen LogP contribution is 2.45. The zero-order valence-corrected chi connectivity index (χ0v) is 22.3. The van der Waals surface area contributed by atoms with Crippen molar-refractivity contribution in [3.63, 3.8) is 0 Å². The second-order valence-electron chi connectivity index (χ2n) is 10.3. The Morgan fingerprint density at radius 3 is 2.65 bits per heavy atom. The van der Waals surface area contributed by atoms with Crippen LogP contribution in [0.1, 0.15) is 90.0 Å². The van der Waals surface area contributed by atoms with Crippen molar-refractivity contribution in [2.24, 2.45) is 11.3 Å². The lowest BCUT2D eigenvalue weighted by Gasteiger charge is -2.33. The normalized spacial score (nSPS) is 16.0. The number of nitrogen functional groups attached to an aromatic ring is 1. The largest absolute Gasteiger partial charge is 0.462 e. The molecule has 0 bridgehead atoms. The van der Waals surface area contributed by atoms with Gasteiger partial charge >= 0.3 is 5.97 Å². The molecule has 8 heteroatoms. The summed E-state index contributed by atoms with van der Waals surface area (Å²) in [6.07, 6.45) is 2.73. The quantitative estimate of drug-likeness (QED) is 0.384. The highest BCUT2D eigenvalue weighted by atomic mass is 32.1. The highest BCUT2D eigenvalue weighted by Gasteiger charge is 2.35. The maximum Gasteiger partial charge on any atom is 0.341 e. The number of anilines is 2. The van der Waals surface area contributed by atoms with Gasteiger partial charge in [-0.2, -0.15) is 0 Å². The van der Waals surface area contributed by atoms with Crippen molar-refractivity contribution >= 4 is 55.5 Å². The van der Waals surface area contributed by atoms with Crippen LogP contribution >= 0.6 is 22.7 Å². The number of fused-ring (bicyclic) bond motifs is 2. The number of nitrogens with zero attached hydrogens (tertiary/aromatic N) is 1. The number of pyridine rings is 1. The number of aromatic nitrogens is 1. The van der Waals surface area contributed by atoms with E-state index in [9.17, 15) is 9.59 Å². The molecule has 0 radical (unpaired) electrons. The standard InChI is InChI=1S/C26H33N3O3S2/c1-7-32-25(31)19-15-9-8-14(26(4,5)6)12-18(15)33-24(19)29-22(30)21-20(27)16-10-11-17(13(2)3)28-23(16)34-21/h10-11,13-14H,7-9,12,27H2,1-6H3,(H,29,30). The van der Waals surface area contributed by atoms with Crippen LogP contribution in [0.5, 0.6) is 0 Å². The molecular formula is C26H33N3O3S2. The number of nitrogens with two attached hydrogens (primary N) is 1. The van der Waals surface area contributed by atoms with E-state index in [1.807, 2.05) is 12.1 Å². The van der Waals surface area contributed by atoms with Crippen molar-refractivity contribution < 1.29 is 14.3 Å². The topological polar surface area (TPSA) is 94.3 Å². The summed E-state index contributed by atoms with van der Waals surface area (Å²) in [7, 11) is 0. The van der Waals surface area contributed by atoms with Gasteiger partial charge < -0.3 is 15.8 Å². The molecule has 0 saturated heterocycles. The summed E-state index contributed by atoms with van der Waals surface area (Å²) < 4.78 is 5.37. The van der Waals surface area contributed by atoms with E-state index in [1.54, 1.807) is 6.92 Å². The van der Waals surface area contributed by atoms with E-state index >= 15 is 0 Å². The second kappa shape index (κ2) is 9.30. The maximum atomic E-state index is 13.3. The van der Waals surface area contributed by atoms with E-state index < -0.39 is 0 Å². The summed E-state index contributed by atoms with van der Waals surface area (Å²) in [5.74, 6) is 0.114. The van der Waals surface area contributed by atoms with Gasteiger partial charge in [0, 0.05) is 16.0 Å². The van der Waals surface area contributed by atoms with Gasteiger partial charge in [0.05, 0.1) is 17.9 Å². The highest BCUT2D eigenvalue weighted by molar-refractivity contribution is 7.21. The summed E-state index contributed by atoms with van der Waals surface area (Å²) in [4.78, 5) is 33.3. The van der Waals surface area contributed by atoms with Crippen LogP contribution in [-0.2, 0) is 17.6 Å². The lowest BCUT2D eigenvalue weighted by molar-refractivity contribution is 0.0526. The fourth-order valence-electron chi connectivity index (χ4n) is 4.49. The molecule has 3 aromatic rings. The molecule has 1 unspecified atom stereocenters. The van der Waals surface area contributed by atoms with Gasteiger partial charge in [0.15, 0.2) is 0 Å². The summed E-state index contributed by atoms with van der Waals surface area (Å²) in [6.45, 7) is 13.0. The molecule has 3 heterocycles. The molecule has 3 N–H and O–H groups in total. The number of hydrogen-bond acceptors (Lipinski definition) is 7. The lowest BCUT2D eigenvalue weighted by Crippen LogP contribution is -2.26. The van der Waals surface area contributed by atoms with Crippen LogP contribution in [0.2, 0.25) is 0 Å². The number of esters is 1. The molecule has 0 spiro atoms. The van der Waals surface area contributed by atoms with E-state index in [2.05, 4.69) is 44.9 Å². The molecule has 182 valence electrons. The summed E-state index contributed by atoms with van der Waals surface area (Å²) in [5, 5.41) is 4.33. The zero-order valence-electron chi connectivity index (χ0n) is 20.7. The Bertz CT molecular complexity index is 1250. The van der Waals surface area contributed by atoms with E-state index in [-0.39, 0.29) is 29.8 Å². The van der Waals surface area contributed by atoms with Gasteiger partial charge in [0.1, 0.15) is 14.7 Å². The van der Waals surface area contributed by atoms with Gasteiger partial charge in [-0.25, -0.2) is 9.78 Å². The molecule has 1 atom stereocenters. The monoisotopic (exact) mass is 499 g/mol. The van der Waals surface area contributed by atoms with Crippen LogP contribution in [-0.4, -0.2) is 23.5 Å². The Balaban J connectivity index is 1.69. The number of nitrogens with one attached hydrogen (secondary N) is 1. The van der Waals surface area contributed by atoms with Gasteiger partial charge in [0.25, 0.3) is 5.91 Å². The molecule has 4 rings (SSSR count). The minimum atomic E-state index is -0.378. The maximum absolute atomic E-state index is 13.3. The number of carbonyl (C=O) groups is 2. The predicted molar refractivity (Wildman–Crippen MR) is 141 cm³/mol. The average molecular weight is 500 g/mol. The third-order valence-electron chi connectivity index (χ3n) is 6.61. The smallest absolute Gasteiger partial charge is 0.341 e. The minimum absolute atomic E-state index is 0.183. The average Bonchev–Trinajstić information content (AvgIpc) is 3.29. The first-order valence-corrected chi connectivity index (χ1v) is 13.5. The third-order valence-corrected chi connectivity index (χ3v) is 8.89. The number of rotatable bonds is 5. The number of thiophene rings is 2. The van der Waals surface area contributed by atoms with Crippen LogP contribution in [0.25, 0.3) is 10.2 Å². The van der Waals surface area contributed by atoms with Crippen LogP contribution in [0.3, 0.4) is 0 Å². The molecule has 0 saturated carbocycles. The van der Waals surface area contributed by atoms with Gasteiger partial charge in [-0.05, 0) is 61.1 Å². The van der Waals surface area contributed by atoms with Crippen molar-refractivity contribution in [1.82, 2.24) is 4.98 Å². The fraction of sp³-hybridized carbons (Fsp3) is 0.500. The van der Waals surface area contributed by atoms with Crippen LogP contribution in [0, 0.1) is 11.3 Å². The van der Waals surface area contributed by atoms with Gasteiger partial charge in [-0.15, -0.1) is 22.7 Å². The number of amides is 1. The molecule has 1 aliphatic rings. The lowest BCUT2D eigenvalue weighted by atomic mass is 9.72. The van der Waals surface area contributed by atoms with E-state index in [1.165, 1.54) is 22.7 Å². The Hall–Kier alpha value is -2.45. The SMILES string of the molecule is CCOC(=O)c1c(NC(=O)c2sc3nc(C(C)C)ccc3c2N)sc2c1CCC(C(C)(C)C)C2. The zero-order chi connectivity index (χ0) is 24.8. The fourth-order valence-corrected chi connectivity index (χ4v) is 6.80. The minimum Gasteiger partial charge on any atom is -0.462 e. The van der Waals surface area contributed by atoms with E-state index in [4.69, 9.17) is 10.5 Å². The summed E-state index contributed by atoms with van der Waals surface area (Å²) in [5.41, 5.74) is 9.44. The first-order valence-electron chi connectivity index (χ1n) is 11.8. The van der Waals surface area contributed by atoms with Gasteiger partial charge in [-0.3, -0.25) is 4.79 Å². The number of hydrogen-bond donors (Lipinski definition) is 2. The van der Waals surface area contributed by atoms with E-state index in [0.717, 1.165) is 45.6 Å². The van der Waals surface area contributed by atoms with Crippen LogP contribution in [0.15, 0.2) is 12.1 Å². The van der Waals surface area contributed by atoms with Crippen LogP contribution < -0.4 is 11.1 Å². The first-order chi connectivity index (χ1) is 16.0. The van der Waals surface area contributed by atoms with Crippen molar-refractivity contribution in [2.75, 3.05) is 17.7 Å². The number of ether oxygens (including phenoxy) is 1. The second-order valence-corrected chi connectivity index (χ2v) is 12.4.